The molecule has 4 nitrogen and oxygen atoms in total. The predicted octanol–water partition coefficient (Wildman–Crippen LogP) is 5.80. The van der Waals surface area contributed by atoms with Gasteiger partial charge in [-0.2, -0.15) is 0 Å². The molecule has 3 rings (SSSR count). The molecule has 2 heterocycles. The quantitative estimate of drug-likeness (QED) is 0.620. The number of nitrogens with one attached hydrogen (secondary N) is 1. The zero-order valence-corrected chi connectivity index (χ0v) is 17.6. The summed E-state index contributed by atoms with van der Waals surface area (Å²) in [6.07, 6.45) is 0.677. The Morgan fingerprint density at radius 2 is 1.81 bits per heavy atom. The van der Waals surface area contributed by atoms with Crippen LogP contribution in [0.25, 0.3) is 0 Å². The second-order valence-electron chi connectivity index (χ2n) is 8.06. The zero-order valence-electron chi connectivity index (χ0n) is 16.8. The lowest BCUT2D eigenvalue weighted by molar-refractivity contribution is 0.0995. The summed E-state index contributed by atoms with van der Waals surface area (Å²) in [6.45, 7) is 12.6. The number of hydrogen-bond acceptors (Lipinski definition) is 4. The molecule has 0 bridgehead atoms. The van der Waals surface area contributed by atoms with Gasteiger partial charge in [-0.05, 0) is 49.6 Å². The second-order valence-corrected chi connectivity index (χ2v) is 8.92. The molecular weight excluding hydrogens is 356 g/mol. The largest absolute Gasteiger partial charge is 0.456 e. The number of anilines is 1. The minimum absolute atomic E-state index is 0.0406. The predicted molar refractivity (Wildman–Crippen MR) is 111 cm³/mol. The van der Waals surface area contributed by atoms with Crippen molar-refractivity contribution in [2.45, 2.75) is 53.4 Å². The van der Waals surface area contributed by atoms with E-state index in [-0.39, 0.29) is 11.3 Å². The maximum Gasteiger partial charge on any atom is 0.293 e. The highest BCUT2D eigenvalue weighted by molar-refractivity contribution is 7.14. The van der Waals surface area contributed by atoms with Crippen molar-refractivity contribution in [1.82, 2.24) is 4.98 Å². The first-order valence-electron chi connectivity index (χ1n) is 9.06. The minimum Gasteiger partial charge on any atom is -0.456 e. The van der Waals surface area contributed by atoms with Gasteiger partial charge in [-0.1, -0.05) is 38.5 Å². The van der Waals surface area contributed by atoms with Gasteiger partial charge in [0.15, 0.2) is 10.9 Å². The second kappa shape index (κ2) is 7.31. The summed E-state index contributed by atoms with van der Waals surface area (Å²) in [6, 6.07) is 7.94. The van der Waals surface area contributed by atoms with Crippen molar-refractivity contribution < 1.29 is 9.21 Å². The fraction of sp³-hybridized carbons (Fsp3) is 0.364. The van der Waals surface area contributed by atoms with Gasteiger partial charge in [0.1, 0.15) is 5.76 Å². The summed E-state index contributed by atoms with van der Waals surface area (Å²) < 4.78 is 5.80. The number of aryl methyl sites for hydroxylation is 3. The molecular formula is C22H26N2O2S. The summed E-state index contributed by atoms with van der Waals surface area (Å²) in [7, 11) is 0. The van der Waals surface area contributed by atoms with E-state index in [0.717, 1.165) is 11.5 Å². The summed E-state index contributed by atoms with van der Waals surface area (Å²) in [4.78, 5) is 17.0. The topological polar surface area (TPSA) is 55.1 Å². The molecule has 142 valence electrons. The van der Waals surface area contributed by atoms with Gasteiger partial charge in [-0.25, -0.2) is 4.98 Å². The molecule has 27 heavy (non-hydrogen) atoms. The van der Waals surface area contributed by atoms with Crippen molar-refractivity contribution in [1.29, 1.82) is 0 Å². The van der Waals surface area contributed by atoms with E-state index >= 15 is 0 Å². The lowest BCUT2D eigenvalue weighted by atomic mass is 9.93. The number of amides is 1. The van der Waals surface area contributed by atoms with Crippen LogP contribution in [0, 0.1) is 20.8 Å². The number of hydrogen-bond donors (Lipinski definition) is 1. The van der Waals surface area contributed by atoms with Crippen molar-refractivity contribution in [2.24, 2.45) is 0 Å². The van der Waals surface area contributed by atoms with Crippen molar-refractivity contribution >= 4 is 22.4 Å². The third-order valence-electron chi connectivity index (χ3n) is 4.57. The Hall–Kier alpha value is -2.40. The SMILES string of the molecule is Cc1cc(C)c(Cc2ccc(C(=O)Nc3nc(C(C)(C)C)cs3)o2)c(C)c1. The van der Waals surface area contributed by atoms with E-state index in [1.807, 2.05) is 11.4 Å². The van der Waals surface area contributed by atoms with Gasteiger partial charge in [0.05, 0.1) is 5.69 Å². The Morgan fingerprint density at radius 3 is 2.41 bits per heavy atom. The van der Waals surface area contributed by atoms with Crippen molar-refractivity contribution in [3.63, 3.8) is 0 Å². The third kappa shape index (κ3) is 4.48. The monoisotopic (exact) mass is 382 g/mol. The van der Waals surface area contributed by atoms with Crippen LogP contribution in [-0.4, -0.2) is 10.9 Å². The molecule has 0 radical (unpaired) electrons. The van der Waals surface area contributed by atoms with Crippen molar-refractivity contribution in [3.8, 4) is 0 Å². The van der Waals surface area contributed by atoms with Crippen molar-refractivity contribution in [3.05, 3.63) is 69.1 Å². The maximum atomic E-state index is 12.5. The van der Waals surface area contributed by atoms with Gasteiger partial charge in [0.25, 0.3) is 5.91 Å². The van der Waals surface area contributed by atoms with E-state index in [4.69, 9.17) is 4.42 Å². The smallest absolute Gasteiger partial charge is 0.293 e. The van der Waals surface area contributed by atoms with E-state index in [2.05, 4.69) is 64.0 Å². The summed E-state index contributed by atoms with van der Waals surface area (Å²) in [5.41, 5.74) is 5.91. The summed E-state index contributed by atoms with van der Waals surface area (Å²) >= 11 is 1.43. The van der Waals surface area contributed by atoms with Crippen LogP contribution in [0.4, 0.5) is 5.13 Å². The highest BCUT2D eigenvalue weighted by atomic mass is 32.1. The van der Waals surface area contributed by atoms with E-state index in [9.17, 15) is 4.79 Å². The average Bonchev–Trinajstić information content (AvgIpc) is 3.19. The molecule has 2 aromatic heterocycles. The van der Waals surface area contributed by atoms with Crippen LogP contribution in [-0.2, 0) is 11.8 Å². The lowest BCUT2D eigenvalue weighted by Crippen LogP contribution is -2.13. The number of rotatable bonds is 4. The molecule has 0 aliphatic rings. The Kier molecular flexibility index (Phi) is 5.24. The maximum absolute atomic E-state index is 12.5. The van der Waals surface area contributed by atoms with Crippen LogP contribution >= 0.6 is 11.3 Å². The molecule has 1 aromatic carbocycles. The molecule has 1 amide bonds. The highest BCUT2D eigenvalue weighted by Crippen LogP contribution is 2.27. The van der Waals surface area contributed by atoms with Crippen LogP contribution in [0.3, 0.4) is 0 Å². The van der Waals surface area contributed by atoms with Gasteiger partial charge in [0, 0.05) is 17.2 Å². The molecule has 1 N–H and O–H groups in total. The van der Waals surface area contributed by atoms with Crippen LogP contribution in [0.15, 0.2) is 34.1 Å². The lowest BCUT2D eigenvalue weighted by Gasteiger charge is -2.14. The van der Waals surface area contributed by atoms with E-state index in [0.29, 0.717) is 17.3 Å². The minimum atomic E-state index is -0.270. The number of aromatic nitrogens is 1. The fourth-order valence-corrected chi connectivity index (χ4v) is 4.02. The van der Waals surface area contributed by atoms with E-state index in [1.54, 1.807) is 6.07 Å². The molecule has 0 aliphatic carbocycles. The Bertz CT molecular complexity index is 953. The first-order valence-corrected chi connectivity index (χ1v) is 9.94. The highest BCUT2D eigenvalue weighted by Gasteiger charge is 2.19. The Morgan fingerprint density at radius 1 is 1.15 bits per heavy atom. The van der Waals surface area contributed by atoms with Gasteiger partial charge >= 0.3 is 0 Å². The van der Waals surface area contributed by atoms with Crippen molar-refractivity contribution in [2.75, 3.05) is 5.32 Å². The fourth-order valence-electron chi connectivity index (χ4n) is 3.09. The van der Waals surface area contributed by atoms with Crippen LogP contribution in [0.2, 0.25) is 0 Å². The van der Waals surface area contributed by atoms with Crippen LogP contribution in [0.5, 0.6) is 0 Å². The standard InChI is InChI=1S/C22H26N2O2S/c1-13-9-14(2)17(15(3)10-13)11-16-7-8-18(26-16)20(25)24-21-23-19(12-27-21)22(4,5)6/h7-10,12H,11H2,1-6H3,(H,23,24,25). The first kappa shape index (κ1) is 19.4. The number of carbonyl (C=O) groups excluding carboxylic acids is 1. The van der Waals surface area contributed by atoms with Crippen LogP contribution < -0.4 is 5.32 Å². The summed E-state index contributed by atoms with van der Waals surface area (Å²) in [5, 5.41) is 5.40. The Balaban J connectivity index is 1.72. The number of nitrogens with zero attached hydrogens (tertiary/aromatic N) is 1. The van der Waals surface area contributed by atoms with E-state index in [1.165, 1.54) is 33.6 Å². The van der Waals surface area contributed by atoms with Gasteiger partial charge in [0.2, 0.25) is 0 Å². The van der Waals surface area contributed by atoms with Crippen LogP contribution in [0.1, 0.15) is 65.0 Å². The molecule has 0 saturated carbocycles. The molecule has 0 spiro atoms. The molecule has 0 atom stereocenters. The van der Waals surface area contributed by atoms with Gasteiger partial charge in [-0.15, -0.1) is 11.3 Å². The van der Waals surface area contributed by atoms with E-state index < -0.39 is 0 Å². The first-order chi connectivity index (χ1) is 12.6. The Labute approximate surface area is 164 Å². The average molecular weight is 383 g/mol. The summed E-state index contributed by atoms with van der Waals surface area (Å²) in [5.74, 6) is 0.818. The zero-order chi connectivity index (χ0) is 19.8. The molecule has 3 aromatic rings. The van der Waals surface area contributed by atoms with Gasteiger partial charge < -0.3 is 4.42 Å². The van der Waals surface area contributed by atoms with Gasteiger partial charge in [-0.3, -0.25) is 10.1 Å². The molecule has 0 unspecified atom stereocenters. The third-order valence-corrected chi connectivity index (χ3v) is 5.33. The number of thiazole rings is 1. The number of furan rings is 1. The molecule has 0 fully saturated rings. The molecule has 0 saturated heterocycles. The number of benzene rings is 1. The molecule has 0 aliphatic heterocycles. The molecule has 5 heteroatoms. The number of carbonyl (C=O) groups is 1. The normalized spacial score (nSPS) is 11.6.